The summed E-state index contributed by atoms with van der Waals surface area (Å²) in [6.07, 6.45) is 3.51. The van der Waals surface area contributed by atoms with Gasteiger partial charge in [-0.05, 0) is 32.2 Å². The lowest BCUT2D eigenvalue weighted by molar-refractivity contribution is 0.145. The molecule has 0 fully saturated rings. The molecule has 0 spiro atoms. The van der Waals surface area contributed by atoms with Gasteiger partial charge < -0.3 is 10.2 Å². The Labute approximate surface area is 121 Å². The summed E-state index contributed by atoms with van der Waals surface area (Å²) in [6, 6.07) is 0.549. The quantitative estimate of drug-likeness (QED) is 0.600. The third-order valence-corrected chi connectivity index (χ3v) is 4.17. The molecule has 0 aromatic carbocycles. The first-order chi connectivity index (χ1) is 8.88. The topological polar surface area (TPSA) is 15.3 Å². The Bertz CT molecular complexity index is 283. The molecule has 0 amide bonds. The van der Waals surface area contributed by atoms with E-state index in [1.165, 1.54) is 24.1 Å². The smallest absolute Gasteiger partial charge is 0.0347 e. The van der Waals surface area contributed by atoms with E-state index in [0.29, 0.717) is 17.9 Å². The Morgan fingerprint density at radius 1 is 1.21 bits per heavy atom. The zero-order valence-corrected chi connectivity index (χ0v) is 13.9. The van der Waals surface area contributed by atoms with Crippen LogP contribution in [-0.4, -0.2) is 31.6 Å². The van der Waals surface area contributed by atoms with Crippen molar-refractivity contribution in [1.82, 2.24) is 10.2 Å². The maximum absolute atomic E-state index is 4.22. The predicted molar refractivity (Wildman–Crippen MR) is 87.3 cm³/mol. The van der Waals surface area contributed by atoms with Gasteiger partial charge in [0.1, 0.15) is 0 Å². The zero-order valence-electron chi connectivity index (χ0n) is 13.9. The van der Waals surface area contributed by atoms with Crippen LogP contribution in [0.3, 0.4) is 0 Å². The van der Waals surface area contributed by atoms with Crippen molar-refractivity contribution in [2.75, 3.05) is 20.6 Å². The standard InChI is InChI=1S/C17H34N2/c1-9-14(5)17(16(10-2)11-13(3)4)19(8)15(6)12-18-7/h14,16-18H,3,6,9-12H2,1-2,4-5,7-8H3/t14-,16?,17-/m0/s1. The molecule has 0 heterocycles. The third kappa shape index (κ3) is 5.82. The van der Waals surface area contributed by atoms with E-state index in [1.54, 1.807) is 0 Å². The SMILES string of the molecule is C=C(C)CC(CC)[C@H]([C@@H](C)CC)N(C)C(=C)CNC. The summed E-state index contributed by atoms with van der Waals surface area (Å²) in [7, 11) is 4.17. The van der Waals surface area contributed by atoms with Gasteiger partial charge >= 0.3 is 0 Å². The molecule has 1 N–H and O–H groups in total. The second-order valence-corrected chi connectivity index (χ2v) is 5.91. The van der Waals surface area contributed by atoms with E-state index in [1.807, 2.05) is 7.05 Å². The number of likely N-dealkylation sites (N-methyl/N-ethyl adjacent to an activating group) is 2. The molecule has 0 saturated carbocycles. The van der Waals surface area contributed by atoms with Gasteiger partial charge in [0.05, 0.1) is 0 Å². The summed E-state index contributed by atoms with van der Waals surface area (Å²) >= 11 is 0. The monoisotopic (exact) mass is 266 g/mol. The molecule has 1 unspecified atom stereocenters. The molecule has 3 atom stereocenters. The van der Waals surface area contributed by atoms with Gasteiger partial charge in [0.15, 0.2) is 0 Å². The molecule has 19 heavy (non-hydrogen) atoms. The number of nitrogens with zero attached hydrogens (tertiary/aromatic N) is 1. The van der Waals surface area contributed by atoms with Gasteiger partial charge in [0.25, 0.3) is 0 Å². The molecule has 0 aliphatic heterocycles. The highest BCUT2D eigenvalue weighted by atomic mass is 15.2. The van der Waals surface area contributed by atoms with Crippen LogP contribution in [-0.2, 0) is 0 Å². The van der Waals surface area contributed by atoms with Crippen molar-refractivity contribution in [2.24, 2.45) is 11.8 Å². The Kier molecular flexibility index (Phi) is 8.82. The molecule has 0 saturated heterocycles. The van der Waals surface area contributed by atoms with Crippen LogP contribution < -0.4 is 5.32 Å². The molecule has 0 aliphatic carbocycles. The van der Waals surface area contributed by atoms with E-state index in [2.05, 4.69) is 58.1 Å². The highest BCUT2D eigenvalue weighted by Crippen LogP contribution is 2.30. The van der Waals surface area contributed by atoms with Crippen LogP contribution in [0.5, 0.6) is 0 Å². The average molecular weight is 266 g/mol. The summed E-state index contributed by atoms with van der Waals surface area (Å²) in [4.78, 5) is 2.39. The van der Waals surface area contributed by atoms with Gasteiger partial charge in [-0.2, -0.15) is 0 Å². The van der Waals surface area contributed by atoms with Crippen molar-refractivity contribution in [3.05, 3.63) is 24.4 Å². The fourth-order valence-corrected chi connectivity index (χ4v) is 2.90. The third-order valence-electron chi connectivity index (χ3n) is 4.17. The summed E-state index contributed by atoms with van der Waals surface area (Å²) in [5.41, 5.74) is 2.46. The maximum Gasteiger partial charge on any atom is 0.0347 e. The summed E-state index contributed by atoms with van der Waals surface area (Å²) in [6.45, 7) is 18.2. The second-order valence-electron chi connectivity index (χ2n) is 5.91. The molecule has 2 heteroatoms. The minimum Gasteiger partial charge on any atom is -0.374 e. The van der Waals surface area contributed by atoms with Crippen molar-refractivity contribution >= 4 is 0 Å². The largest absolute Gasteiger partial charge is 0.374 e. The lowest BCUT2D eigenvalue weighted by Crippen LogP contribution is -2.43. The fourth-order valence-electron chi connectivity index (χ4n) is 2.90. The molecular formula is C17H34N2. The fraction of sp³-hybridized carbons (Fsp3) is 0.765. The molecule has 2 nitrogen and oxygen atoms in total. The Hall–Kier alpha value is -0.760. The Balaban J connectivity index is 5.06. The number of nitrogens with one attached hydrogen (secondary N) is 1. The highest BCUT2D eigenvalue weighted by Gasteiger charge is 2.28. The van der Waals surface area contributed by atoms with Gasteiger partial charge in [-0.3, -0.25) is 0 Å². The van der Waals surface area contributed by atoms with E-state index < -0.39 is 0 Å². The molecular weight excluding hydrogens is 232 g/mol. The van der Waals surface area contributed by atoms with Gasteiger partial charge in [-0.25, -0.2) is 0 Å². The zero-order chi connectivity index (χ0) is 15.0. The minimum atomic E-state index is 0.549. The van der Waals surface area contributed by atoms with Crippen LogP contribution in [0.15, 0.2) is 24.4 Å². The van der Waals surface area contributed by atoms with Gasteiger partial charge in [0, 0.05) is 25.3 Å². The first kappa shape index (κ1) is 18.2. The van der Waals surface area contributed by atoms with E-state index in [9.17, 15) is 0 Å². The van der Waals surface area contributed by atoms with Crippen LogP contribution in [0.4, 0.5) is 0 Å². The number of allylic oxidation sites excluding steroid dienone is 1. The lowest BCUT2D eigenvalue weighted by atomic mass is 9.81. The van der Waals surface area contributed by atoms with Crippen molar-refractivity contribution in [3.8, 4) is 0 Å². The Morgan fingerprint density at radius 2 is 1.79 bits per heavy atom. The van der Waals surface area contributed by atoms with Crippen LogP contribution in [0, 0.1) is 11.8 Å². The van der Waals surface area contributed by atoms with E-state index in [4.69, 9.17) is 0 Å². The second kappa shape index (κ2) is 9.19. The summed E-state index contributed by atoms with van der Waals surface area (Å²) < 4.78 is 0. The molecule has 0 radical (unpaired) electrons. The van der Waals surface area contributed by atoms with Crippen molar-refractivity contribution in [3.63, 3.8) is 0 Å². The lowest BCUT2D eigenvalue weighted by Gasteiger charge is -2.40. The van der Waals surface area contributed by atoms with Crippen LogP contribution in [0.1, 0.15) is 47.0 Å². The molecule has 0 aliphatic rings. The molecule has 112 valence electrons. The normalized spacial score (nSPS) is 15.7. The van der Waals surface area contributed by atoms with Crippen LogP contribution in [0.25, 0.3) is 0 Å². The average Bonchev–Trinajstić information content (AvgIpc) is 2.36. The number of hydrogen-bond donors (Lipinski definition) is 1. The van der Waals surface area contributed by atoms with E-state index >= 15 is 0 Å². The summed E-state index contributed by atoms with van der Waals surface area (Å²) in [5.74, 6) is 1.33. The molecule has 0 rings (SSSR count). The van der Waals surface area contributed by atoms with Crippen LogP contribution >= 0.6 is 0 Å². The van der Waals surface area contributed by atoms with Crippen molar-refractivity contribution in [2.45, 2.75) is 53.0 Å². The van der Waals surface area contributed by atoms with E-state index in [0.717, 1.165) is 13.0 Å². The molecule has 0 aromatic heterocycles. The molecule has 0 bridgehead atoms. The first-order valence-corrected chi connectivity index (χ1v) is 7.58. The predicted octanol–water partition coefficient (Wildman–Crippen LogP) is 4.06. The van der Waals surface area contributed by atoms with Gasteiger partial charge in [-0.1, -0.05) is 45.8 Å². The molecule has 0 aromatic rings. The minimum absolute atomic E-state index is 0.549. The summed E-state index contributed by atoms with van der Waals surface area (Å²) in [5, 5.41) is 3.20. The van der Waals surface area contributed by atoms with Gasteiger partial charge in [-0.15, -0.1) is 6.58 Å². The van der Waals surface area contributed by atoms with Crippen molar-refractivity contribution in [1.29, 1.82) is 0 Å². The number of hydrogen-bond acceptors (Lipinski definition) is 2. The van der Waals surface area contributed by atoms with Gasteiger partial charge in [0.2, 0.25) is 0 Å². The first-order valence-electron chi connectivity index (χ1n) is 7.58. The maximum atomic E-state index is 4.22. The van der Waals surface area contributed by atoms with Crippen LogP contribution in [0.2, 0.25) is 0 Å². The van der Waals surface area contributed by atoms with E-state index in [-0.39, 0.29) is 0 Å². The Morgan fingerprint density at radius 3 is 2.16 bits per heavy atom. The van der Waals surface area contributed by atoms with Crippen molar-refractivity contribution < 1.29 is 0 Å². The number of rotatable bonds is 10. The highest BCUT2D eigenvalue weighted by molar-refractivity contribution is 5.02.